The van der Waals surface area contributed by atoms with E-state index in [0.717, 1.165) is 0 Å². The van der Waals surface area contributed by atoms with Gasteiger partial charge in [0.1, 0.15) is 12.7 Å². The molecule has 1 saturated heterocycles. The molecule has 0 aromatic carbocycles. The van der Waals surface area contributed by atoms with Crippen LogP contribution in [0.25, 0.3) is 0 Å². The lowest BCUT2D eigenvalue weighted by Crippen LogP contribution is -2.45. The van der Waals surface area contributed by atoms with E-state index in [2.05, 4.69) is 0 Å². The molecule has 28 heavy (non-hydrogen) atoms. The molecule has 0 aromatic heterocycles. The Kier molecular flexibility index (Phi) is 7.12. The van der Waals surface area contributed by atoms with Gasteiger partial charge < -0.3 is 35.3 Å². The fraction of sp³-hybridized carbons (Fsp3) is 0.529. The molecule has 154 valence electrons. The molecule has 0 saturated carbocycles. The Hall–Kier alpha value is -2.92. The van der Waals surface area contributed by atoms with Crippen molar-refractivity contribution in [3.05, 3.63) is 24.0 Å². The van der Waals surface area contributed by atoms with Crippen LogP contribution in [0.1, 0.15) is 20.3 Å². The summed E-state index contributed by atoms with van der Waals surface area (Å²) in [5.41, 5.74) is 10.9. The molecular weight excluding hydrogens is 374 g/mol. The molecule has 0 aromatic rings. The number of hydrogen-bond donors (Lipinski definition) is 2. The third kappa shape index (κ3) is 5.30. The van der Waals surface area contributed by atoms with Crippen molar-refractivity contribution in [1.82, 2.24) is 4.90 Å². The van der Waals surface area contributed by atoms with E-state index in [1.165, 1.54) is 24.9 Å². The summed E-state index contributed by atoms with van der Waals surface area (Å²) in [6, 6.07) is 0. The Morgan fingerprint density at radius 1 is 1.18 bits per heavy atom. The first-order chi connectivity index (χ1) is 13.2. The van der Waals surface area contributed by atoms with E-state index in [0.29, 0.717) is 12.0 Å². The van der Waals surface area contributed by atoms with Crippen molar-refractivity contribution in [3.63, 3.8) is 0 Å². The maximum atomic E-state index is 11.6. The minimum absolute atomic E-state index is 0.272. The summed E-state index contributed by atoms with van der Waals surface area (Å²) < 4.78 is 21.4. The van der Waals surface area contributed by atoms with Crippen molar-refractivity contribution in [2.75, 3.05) is 13.2 Å². The second-order valence-electron chi connectivity index (χ2n) is 6.16. The Morgan fingerprint density at radius 3 is 2.39 bits per heavy atom. The zero-order valence-corrected chi connectivity index (χ0v) is 15.5. The molecule has 11 heteroatoms. The van der Waals surface area contributed by atoms with Crippen LogP contribution in [0.4, 0.5) is 0 Å². The first-order valence-electron chi connectivity index (χ1n) is 8.53. The van der Waals surface area contributed by atoms with E-state index in [1.54, 1.807) is 12.3 Å². The fourth-order valence-corrected chi connectivity index (χ4v) is 2.87. The lowest BCUT2D eigenvalue weighted by atomic mass is 10.1. The molecule has 2 aliphatic heterocycles. The predicted octanol–water partition coefficient (Wildman–Crippen LogP) is -1.33. The highest BCUT2D eigenvalue weighted by Crippen LogP contribution is 2.31. The van der Waals surface area contributed by atoms with E-state index in [1.807, 2.05) is 0 Å². The van der Waals surface area contributed by atoms with Gasteiger partial charge in [-0.1, -0.05) is 6.08 Å². The molecular formula is C17H23N3O8. The minimum Gasteiger partial charge on any atom is -0.462 e. The normalized spacial score (nSPS) is 26.4. The number of ether oxygens (including phenoxy) is 4. The summed E-state index contributed by atoms with van der Waals surface area (Å²) >= 11 is 0. The molecule has 1 fully saturated rings. The number of carbonyl (C=O) groups is 4. The lowest BCUT2D eigenvalue weighted by Gasteiger charge is -2.30. The summed E-state index contributed by atoms with van der Waals surface area (Å²) in [4.78, 5) is 47.5. The molecule has 0 radical (unpaired) electrons. The number of amides is 1. The molecule has 2 heterocycles. The zero-order chi connectivity index (χ0) is 20.8. The number of hydrogen-bond acceptors (Lipinski definition) is 10. The smallest absolute Gasteiger partial charge is 0.319 e. The Balaban J connectivity index is 2.30. The monoisotopic (exact) mass is 397 g/mol. The average Bonchev–Trinajstić information content (AvgIpc) is 2.96. The Labute approximate surface area is 161 Å². The Bertz CT molecular complexity index is 705. The van der Waals surface area contributed by atoms with Crippen LogP contribution in [0.15, 0.2) is 24.0 Å². The standard InChI is InChI=1S/C17H23N3O8/c1-9(21)26-14-12(8-25-13(23)6-18)28-17(15(14)27-10(2)22)20-5-3-4-11(7-20)16(19)24/h3,5,7,12,14-15,17H,4,6,8,18H2,1-2H3,(H2,19,24)/t12?,14-,15-,17-/m1/s1. The van der Waals surface area contributed by atoms with Gasteiger partial charge in [-0.05, 0) is 6.42 Å². The topological polar surface area (TPSA) is 160 Å². The van der Waals surface area contributed by atoms with Crippen molar-refractivity contribution in [2.45, 2.75) is 44.8 Å². The van der Waals surface area contributed by atoms with Gasteiger partial charge in [0.25, 0.3) is 0 Å². The molecule has 0 spiro atoms. The van der Waals surface area contributed by atoms with Crippen LogP contribution in [0, 0.1) is 0 Å². The van der Waals surface area contributed by atoms with Crippen molar-refractivity contribution >= 4 is 23.8 Å². The maximum Gasteiger partial charge on any atom is 0.319 e. The van der Waals surface area contributed by atoms with E-state index in [-0.39, 0.29) is 13.2 Å². The van der Waals surface area contributed by atoms with Gasteiger partial charge in [-0.2, -0.15) is 0 Å². The highest BCUT2D eigenvalue weighted by molar-refractivity contribution is 5.92. The third-order valence-electron chi connectivity index (χ3n) is 4.00. The van der Waals surface area contributed by atoms with Gasteiger partial charge in [0.05, 0.1) is 6.54 Å². The van der Waals surface area contributed by atoms with Crippen LogP contribution in [0.2, 0.25) is 0 Å². The van der Waals surface area contributed by atoms with Crippen molar-refractivity contribution in [3.8, 4) is 0 Å². The number of esters is 3. The highest BCUT2D eigenvalue weighted by atomic mass is 16.7. The lowest BCUT2D eigenvalue weighted by molar-refractivity contribution is -0.166. The molecule has 1 unspecified atom stereocenters. The summed E-state index contributed by atoms with van der Waals surface area (Å²) in [6.07, 6.45) is 1.14. The number of allylic oxidation sites excluding steroid dienone is 1. The average molecular weight is 397 g/mol. The van der Waals surface area contributed by atoms with E-state index in [9.17, 15) is 19.2 Å². The van der Waals surface area contributed by atoms with Crippen molar-refractivity contribution in [2.24, 2.45) is 11.5 Å². The van der Waals surface area contributed by atoms with Crippen LogP contribution >= 0.6 is 0 Å². The highest BCUT2D eigenvalue weighted by Gasteiger charge is 2.51. The largest absolute Gasteiger partial charge is 0.462 e. The molecule has 2 aliphatic rings. The van der Waals surface area contributed by atoms with Crippen molar-refractivity contribution in [1.29, 1.82) is 0 Å². The van der Waals surface area contributed by atoms with E-state index in [4.69, 9.17) is 30.4 Å². The first kappa shape index (κ1) is 21.4. The predicted molar refractivity (Wildman–Crippen MR) is 92.7 cm³/mol. The number of carbonyl (C=O) groups excluding carboxylic acids is 4. The fourth-order valence-electron chi connectivity index (χ4n) is 2.87. The van der Waals surface area contributed by atoms with Gasteiger partial charge in [0.15, 0.2) is 18.4 Å². The minimum atomic E-state index is -1.05. The van der Waals surface area contributed by atoms with E-state index >= 15 is 0 Å². The Morgan fingerprint density at radius 2 is 1.82 bits per heavy atom. The second-order valence-corrected chi connectivity index (χ2v) is 6.16. The molecule has 0 bridgehead atoms. The van der Waals surface area contributed by atoms with Gasteiger partial charge in [-0.3, -0.25) is 19.2 Å². The molecule has 4 N–H and O–H groups in total. The van der Waals surface area contributed by atoms with Gasteiger partial charge >= 0.3 is 17.9 Å². The molecule has 0 aliphatic carbocycles. The molecule has 2 rings (SSSR count). The third-order valence-corrected chi connectivity index (χ3v) is 4.00. The van der Waals surface area contributed by atoms with E-state index < -0.39 is 48.4 Å². The summed E-state index contributed by atoms with van der Waals surface area (Å²) in [5, 5.41) is 0. The van der Waals surface area contributed by atoms with Crippen LogP contribution in [-0.2, 0) is 38.1 Å². The number of rotatable bonds is 7. The van der Waals surface area contributed by atoms with Crippen LogP contribution in [0.5, 0.6) is 0 Å². The second kappa shape index (κ2) is 9.33. The molecule has 4 atom stereocenters. The number of nitrogens with zero attached hydrogens (tertiary/aromatic N) is 1. The van der Waals surface area contributed by atoms with Crippen LogP contribution < -0.4 is 11.5 Å². The molecule has 11 nitrogen and oxygen atoms in total. The van der Waals surface area contributed by atoms with Crippen LogP contribution in [0.3, 0.4) is 0 Å². The van der Waals surface area contributed by atoms with Crippen LogP contribution in [-0.4, -0.2) is 66.4 Å². The van der Waals surface area contributed by atoms with Gasteiger partial charge in [-0.15, -0.1) is 0 Å². The van der Waals surface area contributed by atoms with Gasteiger partial charge in [0, 0.05) is 31.8 Å². The maximum absolute atomic E-state index is 11.6. The zero-order valence-electron chi connectivity index (χ0n) is 15.5. The molecule has 1 amide bonds. The summed E-state index contributed by atoms with van der Waals surface area (Å²) in [7, 11) is 0. The van der Waals surface area contributed by atoms with Gasteiger partial charge in [-0.25, -0.2) is 0 Å². The SMILES string of the molecule is CC(=O)O[C@@H]1[C@H](OC(C)=O)C(COC(=O)CN)O[C@H]1N1C=CCC(C(N)=O)=C1. The first-order valence-corrected chi connectivity index (χ1v) is 8.53. The van der Waals surface area contributed by atoms with Gasteiger partial charge in [0.2, 0.25) is 5.91 Å². The number of nitrogens with two attached hydrogens (primary N) is 2. The summed E-state index contributed by atoms with van der Waals surface area (Å²) in [6.45, 7) is 1.78. The summed E-state index contributed by atoms with van der Waals surface area (Å²) in [5.74, 6) is -2.55. The quantitative estimate of drug-likeness (QED) is 0.389. The van der Waals surface area contributed by atoms with Crippen molar-refractivity contribution < 1.29 is 38.1 Å². The number of primary amides is 1.